The number of amides is 1. The predicted molar refractivity (Wildman–Crippen MR) is 71.4 cm³/mol. The van der Waals surface area contributed by atoms with Crippen molar-refractivity contribution >= 4 is 12.1 Å². The molecule has 2 rings (SSSR count). The van der Waals surface area contributed by atoms with E-state index < -0.39 is 29.2 Å². The zero-order valence-corrected chi connectivity index (χ0v) is 12.3. The number of aliphatic carboxylic acids is 1. The first kappa shape index (κ1) is 15.1. The molecule has 1 atom stereocenters. The Morgan fingerprint density at radius 2 is 2.00 bits per heavy atom. The van der Waals surface area contributed by atoms with Gasteiger partial charge in [0, 0.05) is 12.6 Å². The maximum atomic E-state index is 11.7. The van der Waals surface area contributed by atoms with Crippen LogP contribution in [0.1, 0.15) is 46.5 Å². The first-order valence-corrected chi connectivity index (χ1v) is 7.08. The van der Waals surface area contributed by atoms with Crippen LogP contribution in [-0.2, 0) is 14.3 Å². The molecule has 0 bridgehead atoms. The second-order valence-corrected chi connectivity index (χ2v) is 6.70. The van der Waals surface area contributed by atoms with Crippen LogP contribution in [0.3, 0.4) is 0 Å². The van der Waals surface area contributed by atoms with Crippen molar-refractivity contribution in [3.05, 3.63) is 0 Å². The molecule has 1 heterocycles. The van der Waals surface area contributed by atoms with Crippen LogP contribution < -0.4 is 5.32 Å². The second kappa shape index (κ2) is 5.24. The van der Waals surface area contributed by atoms with Gasteiger partial charge in [0.05, 0.1) is 11.5 Å². The van der Waals surface area contributed by atoms with Crippen molar-refractivity contribution < 1.29 is 24.2 Å². The Balaban J connectivity index is 1.86. The molecule has 2 fully saturated rings. The summed E-state index contributed by atoms with van der Waals surface area (Å²) in [7, 11) is 0. The summed E-state index contributed by atoms with van der Waals surface area (Å²) in [6.45, 7) is 6.02. The van der Waals surface area contributed by atoms with E-state index >= 15 is 0 Å². The Kier molecular flexibility index (Phi) is 3.95. The van der Waals surface area contributed by atoms with Crippen LogP contribution in [0.2, 0.25) is 0 Å². The smallest absolute Gasteiger partial charge is 0.407 e. The molecule has 1 amide bonds. The van der Waals surface area contributed by atoms with Crippen LogP contribution >= 0.6 is 0 Å². The van der Waals surface area contributed by atoms with Crippen LogP contribution in [0.5, 0.6) is 0 Å². The zero-order valence-electron chi connectivity index (χ0n) is 12.3. The number of carboxylic acid groups (broad SMARTS) is 1. The third-order valence-electron chi connectivity index (χ3n) is 3.86. The quantitative estimate of drug-likeness (QED) is 0.809. The molecular weight excluding hydrogens is 262 g/mol. The lowest BCUT2D eigenvalue weighted by Crippen LogP contribution is -2.63. The van der Waals surface area contributed by atoms with Crippen molar-refractivity contribution in [1.82, 2.24) is 5.32 Å². The summed E-state index contributed by atoms with van der Waals surface area (Å²) in [5.74, 6) is -1.27. The number of carbonyl (C=O) groups excluding carboxylic acids is 1. The van der Waals surface area contributed by atoms with Crippen LogP contribution in [0.15, 0.2) is 0 Å². The number of nitrogens with one attached hydrogen (secondary N) is 1. The summed E-state index contributed by atoms with van der Waals surface area (Å²) in [5.41, 5.74) is -1.12. The average molecular weight is 285 g/mol. The van der Waals surface area contributed by atoms with Gasteiger partial charge in [-0.05, 0) is 46.5 Å². The number of alkyl carbamates (subject to hydrolysis) is 1. The van der Waals surface area contributed by atoms with E-state index in [0.717, 1.165) is 6.42 Å². The maximum Gasteiger partial charge on any atom is 0.407 e. The molecule has 0 aromatic rings. The zero-order chi connectivity index (χ0) is 15.0. The van der Waals surface area contributed by atoms with Crippen LogP contribution in [0, 0.1) is 5.92 Å². The number of hydrogen-bond donors (Lipinski definition) is 2. The Bertz CT molecular complexity index is 395. The van der Waals surface area contributed by atoms with Gasteiger partial charge in [-0.25, -0.2) is 4.79 Å². The highest BCUT2D eigenvalue weighted by molar-refractivity contribution is 5.72. The van der Waals surface area contributed by atoms with E-state index in [0.29, 0.717) is 25.9 Å². The molecule has 1 aliphatic carbocycles. The lowest BCUT2D eigenvalue weighted by molar-refractivity contribution is -0.193. The normalized spacial score (nSPS) is 33.4. The highest BCUT2D eigenvalue weighted by atomic mass is 16.6. The molecule has 6 heteroatoms. The molecule has 0 aromatic carbocycles. The SMILES string of the molecule is CC(C)(C)OC(=O)NC1CC2(C1)OCCCC2C(=O)O. The maximum absolute atomic E-state index is 11.7. The Labute approximate surface area is 118 Å². The van der Waals surface area contributed by atoms with Crippen molar-refractivity contribution in [3.63, 3.8) is 0 Å². The van der Waals surface area contributed by atoms with E-state index in [1.807, 2.05) is 0 Å². The number of carbonyl (C=O) groups is 2. The monoisotopic (exact) mass is 285 g/mol. The molecule has 6 nitrogen and oxygen atoms in total. The Hall–Kier alpha value is -1.30. The average Bonchev–Trinajstić information content (AvgIpc) is 2.24. The fourth-order valence-electron chi connectivity index (χ4n) is 3.03. The molecule has 114 valence electrons. The van der Waals surface area contributed by atoms with Crippen LogP contribution in [0.4, 0.5) is 4.79 Å². The van der Waals surface area contributed by atoms with Gasteiger partial charge in [-0.15, -0.1) is 0 Å². The molecule has 0 radical (unpaired) electrons. The lowest BCUT2D eigenvalue weighted by Gasteiger charge is -2.52. The minimum Gasteiger partial charge on any atom is -0.481 e. The van der Waals surface area contributed by atoms with E-state index in [-0.39, 0.29) is 6.04 Å². The van der Waals surface area contributed by atoms with Gasteiger partial charge in [-0.2, -0.15) is 0 Å². The third-order valence-corrected chi connectivity index (χ3v) is 3.86. The number of rotatable bonds is 2. The molecular formula is C14H23NO5. The minimum atomic E-state index is -0.805. The molecule has 1 saturated heterocycles. The topological polar surface area (TPSA) is 84.9 Å². The number of hydrogen-bond acceptors (Lipinski definition) is 4. The Morgan fingerprint density at radius 1 is 1.35 bits per heavy atom. The highest BCUT2D eigenvalue weighted by Gasteiger charge is 2.55. The molecule has 1 spiro atoms. The van der Waals surface area contributed by atoms with Gasteiger partial charge >= 0.3 is 12.1 Å². The number of carboxylic acids is 1. The third kappa shape index (κ3) is 3.23. The second-order valence-electron chi connectivity index (χ2n) is 6.70. The summed E-state index contributed by atoms with van der Waals surface area (Å²) in [5, 5.41) is 12.0. The molecule has 1 unspecified atom stereocenters. The van der Waals surface area contributed by atoms with E-state index in [1.165, 1.54) is 0 Å². The van der Waals surface area contributed by atoms with Crippen LogP contribution in [-0.4, -0.2) is 41.0 Å². The number of ether oxygens (including phenoxy) is 2. The molecule has 1 saturated carbocycles. The van der Waals surface area contributed by atoms with Gasteiger partial charge in [-0.3, -0.25) is 4.79 Å². The van der Waals surface area contributed by atoms with E-state index in [1.54, 1.807) is 20.8 Å². The van der Waals surface area contributed by atoms with Crippen molar-refractivity contribution in [2.75, 3.05) is 6.61 Å². The summed E-state index contributed by atoms with van der Waals surface area (Å²) >= 11 is 0. The predicted octanol–water partition coefficient (Wildman–Crippen LogP) is 1.92. The van der Waals surface area contributed by atoms with Crippen molar-refractivity contribution in [2.24, 2.45) is 5.92 Å². The first-order chi connectivity index (χ1) is 9.22. The largest absolute Gasteiger partial charge is 0.481 e. The van der Waals surface area contributed by atoms with Gasteiger partial charge in [0.1, 0.15) is 5.60 Å². The standard InChI is InChI=1S/C14H23NO5/c1-13(2,3)20-12(18)15-9-7-14(8-9)10(11(16)17)5-4-6-19-14/h9-10H,4-8H2,1-3H3,(H,15,18)(H,16,17). The van der Waals surface area contributed by atoms with Crippen molar-refractivity contribution in [1.29, 1.82) is 0 Å². The fraction of sp³-hybridized carbons (Fsp3) is 0.857. The molecule has 2 aliphatic rings. The van der Waals surface area contributed by atoms with E-state index in [9.17, 15) is 14.7 Å². The van der Waals surface area contributed by atoms with Gasteiger partial charge in [0.25, 0.3) is 0 Å². The van der Waals surface area contributed by atoms with Gasteiger partial charge in [0.15, 0.2) is 0 Å². The van der Waals surface area contributed by atoms with Crippen molar-refractivity contribution in [2.45, 2.75) is 63.7 Å². The van der Waals surface area contributed by atoms with Crippen molar-refractivity contribution in [3.8, 4) is 0 Å². The Morgan fingerprint density at radius 3 is 2.55 bits per heavy atom. The highest BCUT2D eigenvalue weighted by Crippen LogP contribution is 2.46. The molecule has 1 aliphatic heterocycles. The first-order valence-electron chi connectivity index (χ1n) is 7.08. The van der Waals surface area contributed by atoms with E-state index in [4.69, 9.17) is 9.47 Å². The summed E-state index contributed by atoms with van der Waals surface area (Å²) < 4.78 is 10.9. The van der Waals surface area contributed by atoms with Crippen LogP contribution in [0.25, 0.3) is 0 Å². The minimum absolute atomic E-state index is 0.0650. The molecule has 2 N–H and O–H groups in total. The molecule has 0 aromatic heterocycles. The van der Waals surface area contributed by atoms with E-state index in [2.05, 4.69) is 5.32 Å². The fourth-order valence-corrected chi connectivity index (χ4v) is 3.03. The summed E-state index contributed by atoms with van der Waals surface area (Å²) in [4.78, 5) is 22.9. The lowest BCUT2D eigenvalue weighted by atomic mass is 9.65. The summed E-state index contributed by atoms with van der Waals surface area (Å²) in [6.07, 6.45) is 2.06. The van der Waals surface area contributed by atoms with Gasteiger partial charge in [-0.1, -0.05) is 0 Å². The van der Waals surface area contributed by atoms with Gasteiger partial charge in [0.2, 0.25) is 0 Å². The molecule has 20 heavy (non-hydrogen) atoms. The summed E-state index contributed by atoms with van der Waals surface area (Å²) in [6, 6.07) is -0.0650. The van der Waals surface area contributed by atoms with Gasteiger partial charge < -0.3 is 19.9 Å².